The molecule has 2 atom stereocenters. The minimum Gasteiger partial charge on any atom is -0.478 e. The van der Waals surface area contributed by atoms with Gasteiger partial charge in [-0.15, -0.1) is 0 Å². The van der Waals surface area contributed by atoms with Crippen molar-refractivity contribution in [2.24, 2.45) is 21.7 Å². The number of carboxylic acid groups (broad SMARTS) is 1. The molecule has 2 unspecified atom stereocenters. The molecule has 0 aromatic carbocycles. The first-order valence-electron chi connectivity index (χ1n) is 7.47. The molecular weight excluding hydrogens is 250 g/mol. The zero-order valence-electron chi connectivity index (χ0n) is 12.6. The molecule has 1 N–H and O–H groups in total. The number of carbonyl (C=O) groups is 1. The molecule has 4 fully saturated rings. The predicted octanol–water partition coefficient (Wildman–Crippen LogP) is 3.91. The number of aliphatic carboxylic acids is 1. The van der Waals surface area contributed by atoms with Gasteiger partial charge in [0.1, 0.15) is 0 Å². The van der Waals surface area contributed by atoms with E-state index in [0.717, 1.165) is 32.1 Å². The van der Waals surface area contributed by atoms with E-state index < -0.39 is 5.97 Å². The number of rotatable bonds is 2. The van der Waals surface area contributed by atoms with E-state index in [0.29, 0.717) is 5.57 Å². The third kappa shape index (κ3) is 1.89. The van der Waals surface area contributed by atoms with Crippen molar-refractivity contribution in [3.05, 3.63) is 11.6 Å². The van der Waals surface area contributed by atoms with Crippen LogP contribution in [0.25, 0.3) is 0 Å². The number of hydrogen-bond acceptors (Lipinski definition) is 2. The lowest BCUT2D eigenvalue weighted by molar-refractivity contribution is -0.152. The van der Waals surface area contributed by atoms with Gasteiger partial charge in [-0.05, 0) is 61.7 Å². The highest BCUT2D eigenvalue weighted by atomic mass is 16.4. The summed E-state index contributed by atoms with van der Waals surface area (Å²) < 4.78 is 0. The molecule has 4 aliphatic rings. The highest BCUT2D eigenvalue weighted by molar-refractivity contribution is 5.85. The van der Waals surface area contributed by atoms with Crippen LogP contribution in [0.3, 0.4) is 0 Å². The van der Waals surface area contributed by atoms with Crippen molar-refractivity contribution in [1.82, 2.24) is 0 Å². The predicted molar refractivity (Wildman–Crippen MR) is 75.8 cm³/mol. The summed E-state index contributed by atoms with van der Waals surface area (Å²) in [6.07, 6.45) is 8.10. The van der Waals surface area contributed by atoms with Crippen molar-refractivity contribution >= 4 is 5.97 Å². The molecule has 108 valence electrons. The second kappa shape index (κ2) is 3.67. The normalized spacial score (nSPS) is 50.0. The van der Waals surface area contributed by atoms with Gasteiger partial charge in [0.25, 0.3) is 0 Å². The maximum atomic E-state index is 11.2. The summed E-state index contributed by atoms with van der Waals surface area (Å²) >= 11 is 0. The second-order valence-corrected chi connectivity index (χ2v) is 8.57. The van der Waals surface area contributed by atoms with Crippen molar-refractivity contribution in [2.75, 3.05) is 0 Å². The van der Waals surface area contributed by atoms with E-state index in [2.05, 4.69) is 19.9 Å². The summed E-state index contributed by atoms with van der Waals surface area (Å²) in [5.74, 6) is -0.831. The Kier molecular flexibility index (Phi) is 2.51. The Morgan fingerprint density at radius 3 is 2.10 bits per heavy atom. The molecule has 4 saturated carbocycles. The Balaban J connectivity index is 2.08. The standard InChI is InChI=1S/C17H23NO2/c1-12(13(19)20)4-16-6-14(2)5-15(3,7-16)9-17(8-14,10-16)11-18/h4H,5-10H2,1-3H3,(H,19,20). The first kappa shape index (κ1) is 13.7. The van der Waals surface area contributed by atoms with Crippen molar-refractivity contribution < 1.29 is 9.90 Å². The number of nitriles is 1. The van der Waals surface area contributed by atoms with E-state index in [1.807, 2.05) is 6.08 Å². The van der Waals surface area contributed by atoms with Gasteiger partial charge in [-0.1, -0.05) is 19.9 Å². The molecule has 0 aliphatic heterocycles. The molecule has 0 spiro atoms. The Morgan fingerprint density at radius 2 is 1.65 bits per heavy atom. The maximum Gasteiger partial charge on any atom is 0.330 e. The fourth-order valence-electron chi connectivity index (χ4n) is 6.58. The molecule has 3 nitrogen and oxygen atoms in total. The average Bonchev–Trinajstić information content (AvgIpc) is 2.23. The van der Waals surface area contributed by atoms with Crippen LogP contribution in [0.5, 0.6) is 0 Å². The first-order chi connectivity index (χ1) is 9.13. The number of nitrogens with zero attached hydrogens (tertiary/aromatic N) is 1. The summed E-state index contributed by atoms with van der Waals surface area (Å²) in [4.78, 5) is 11.2. The Labute approximate surface area is 120 Å². The lowest BCUT2D eigenvalue weighted by Crippen LogP contribution is -2.58. The average molecular weight is 273 g/mol. The lowest BCUT2D eigenvalue weighted by atomic mass is 9.36. The van der Waals surface area contributed by atoms with Crippen LogP contribution < -0.4 is 0 Å². The zero-order chi connectivity index (χ0) is 14.8. The quantitative estimate of drug-likeness (QED) is 0.776. The van der Waals surface area contributed by atoms with Gasteiger partial charge in [0, 0.05) is 5.57 Å². The Morgan fingerprint density at radius 1 is 1.10 bits per heavy atom. The van der Waals surface area contributed by atoms with Crippen molar-refractivity contribution in [1.29, 1.82) is 5.26 Å². The SMILES string of the molecule is CC(=CC12CC3(C)CC(C)(CC(C#N)(C3)C1)C2)C(=O)O. The largest absolute Gasteiger partial charge is 0.478 e. The molecule has 0 aromatic rings. The van der Waals surface area contributed by atoms with Gasteiger partial charge < -0.3 is 5.11 Å². The van der Waals surface area contributed by atoms with Gasteiger partial charge in [-0.25, -0.2) is 4.79 Å². The van der Waals surface area contributed by atoms with Gasteiger partial charge in [0.05, 0.1) is 11.5 Å². The van der Waals surface area contributed by atoms with Gasteiger partial charge >= 0.3 is 5.97 Å². The molecular formula is C17H23NO2. The fourth-order valence-corrected chi connectivity index (χ4v) is 6.58. The zero-order valence-corrected chi connectivity index (χ0v) is 12.6. The summed E-state index contributed by atoms with van der Waals surface area (Å²) in [5, 5.41) is 18.9. The number of hydrogen-bond donors (Lipinski definition) is 1. The number of carboxylic acids is 1. The third-order valence-corrected chi connectivity index (χ3v) is 5.73. The van der Waals surface area contributed by atoms with Gasteiger partial charge in [-0.2, -0.15) is 5.26 Å². The van der Waals surface area contributed by atoms with Crippen LogP contribution >= 0.6 is 0 Å². The third-order valence-electron chi connectivity index (χ3n) is 5.73. The Hall–Kier alpha value is -1.30. The molecule has 0 aromatic heterocycles. The van der Waals surface area contributed by atoms with E-state index in [1.165, 1.54) is 6.42 Å². The van der Waals surface area contributed by atoms with E-state index in [4.69, 9.17) is 0 Å². The van der Waals surface area contributed by atoms with Crippen LogP contribution in [-0.2, 0) is 4.79 Å². The summed E-state index contributed by atoms with van der Waals surface area (Å²) in [5.41, 5.74) is 0.541. The minimum atomic E-state index is -0.831. The highest BCUT2D eigenvalue weighted by Crippen LogP contribution is 2.73. The van der Waals surface area contributed by atoms with Gasteiger partial charge in [0.15, 0.2) is 0 Å². The van der Waals surface area contributed by atoms with Crippen molar-refractivity contribution in [2.45, 2.75) is 59.3 Å². The van der Waals surface area contributed by atoms with Crippen molar-refractivity contribution in [3.8, 4) is 6.07 Å². The van der Waals surface area contributed by atoms with Crippen LogP contribution in [0, 0.1) is 33.0 Å². The molecule has 20 heavy (non-hydrogen) atoms. The molecule has 0 amide bonds. The molecule has 4 aliphatic carbocycles. The van der Waals surface area contributed by atoms with Crippen LogP contribution in [0.4, 0.5) is 0 Å². The monoisotopic (exact) mass is 273 g/mol. The van der Waals surface area contributed by atoms with Gasteiger partial charge in [-0.3, -0.25) is 0 Å². The van der Waals surface area contributed by atoms with Crippen LogP contribution in [0.1, 0.15) is 59.3 Å². The smallest absolute Gasteiger partial charge is 0.330 e. The van der Waals surface area contributed by atoms with Crippen LogP contribution in [-0.4, -0.2) is 11.1 Å². The maximum absolute atomic E-state index is 11.2. The molecule has 0 heterocycles. The summed E-state index contributed by atoms with van der Waals surface area (Å²) in [6.45, 7) is 6.28. The minimum absolute atomic E-state index is 0.0730. The molecule has 4 rings (SSSR count). The van der Waals surface area contributed by atoms with E-state index in [-0.39, 0.29) is 21.7 Å². The molecule has 0 radical (unpaired) electrons. The van der Waals surface area contributed by atoms with Gasteiger partial charge in [0.2, 0.25) is 0 Å². The molecule has 4 bridgehead atoms. The fraction of sp³-hybridized carbons (Fsp3) is 0.765. The van der Waals surface area contributed by atoms with Crippen LogP contribution in [0.2, 0.25) is 0 Å². The van der Waals surface area contributed by atoms with E-state index in [1.54, 1.807) is 6.92 Å². The Bertz CT molecular complexity index is 536. The molecule has 3 heteroatoms. The lowest BCUT2D eigenvalue weighted by Gasteiger charge is -2.67. The highest BCUT2D eigenvalue weighted by Gasteiger charge is 2.65. The summed E-state index contributed by atoms with van der Waals surface area (Å²) in [6, 6.07) is 2.61. The molecule has 0 saturated heterocycles. The van der Waals surface area contributed by atoms with E-state index >= 15 is 0 Å². The number of allylic oxidation sites excluding steroid dienone is 1. The topological polar surface area (TPSA) is 61.1 Å². The van der Waals surface area contributed by atoms with Crippen LogP contribution in [0.15, 0.2) is 11.6 Å². The van der Waals surface area contributed by atoms with Crippen molar-refractivity contribution in [3.63, 3.8) is 0 Å². The second-order valence-electron chi connectivity index (χ2n) is 8.57. The first-order valence-corrected chi connectivity index (χ1v) is 7.47. The summed E-state index contributed by atoms with van der Waals surface area (Å²) in [7, 11) is 0. The van der Waals surface area contributed by atoms with E-state index in [9.17, 15) is 15.2 Å².